The van der Waals surface area contributed by atoms with Crippen molar-refractivity contribution in [1.29, 1.82) is 0 Å². The zero-order chi connectivity index (χ0) is 19.1. The molecule has 10 heteroatoms. The van der Waals surface area contributed by atoms with Crippen LogP contribution in [0.4, 0.5) is 0 Å². The van der Waals surface area contributed by atoms with Crippen LogP contribution >= 0.6 is 12.4 Å². The minimum absolute atomic E-state index is 0. The van der Waals surface area contributed by atoms with Crippen LogP contribution in [0, 0.1) is 5.92 Å². The number of hydrogen-bond donors (Lipinski definition) is 1. The van der Waals surface area contributed by atoms with Crippen molar-refractivity contribution in [1.82, 2.24) is 9.21 Å². The van der Waals surface area contributed by atoms with Crippen LogP contribution in [-0.4, -0.2) is 68.8 Å². The zero-order valence-electron chi connectivity index (χ0n) is 15.3. The summed E-state index contributed by atoms with van der Waals surface area (Å²) in [5, 5.41) is 0. The van der Waals surface area contributed by atoms with Gasteiger partial charge in [-0.1, -0.05) is 0 Å². The molecule has 8 nitrogen and oxygen atoms in total. The summed E-state index contributed by atoms with van der Waals surface area (Å²) in [7, 11) is -2.53. The van der Waals surface area contributed by atoms with Crippen molar-refractivity contribution in [2.75, 3.05) is 33.4 Å². The highest BCUT2D eigenvalue weighted by molar-refractivity contribution is 7.90. The molecular weight excluding hydrogens is 394 g/mol. The molecule has 0 radical (unpaired) electrons. The first-order chi connectivity index (χ1) is 12.3. The Hall–Kier alpha value is -1.68. The molecule has 2 aliphatic rings. The molecule has 2 aliphatic heterocycles. The van der Waals surface area contributed by atoms with E-state index in [1.54, 1.807) is 4.90 Å². The number of methoxy groups -OCH3 is 1. The van der Waals surface area contributed by atoms with Crippen LogP contribution in [0.1, 0.15) is 34.1 Å². The molecule has 0 spiro atoms. The lowest BCUT2D eigenvalue weighted by Crippen LogP contribution is -2.34. The van der Waals surface area contributed by atoms with Crippen LogP contribution in [-0.2, 0) is 14.8 Å². The van der Waals surface area contributed by atoms with Gasteiger partial charge >= 0.3 is 0 Å². The van der Waals surface area contributed by atoms with Crippen LogP contribution in [0.15, 0.2) is 23.1 Å². The molecule has 3 rings (SSSR count). The first-order valence-corrected chi connectivity index (χ1v) is 9.96. The predicted octanol–water partition coefficient (Wildman–Crippen LogP) is 0.709. The van der Waals surface area contributed by atoms with Crippen molar-refractivity contribution in [3.05, 3.63) is 29.3 Å². The summed E-state index contributed by atoms with van der Waals surface area (Å²) in [6.07, 6.45) is 0.828. The van der Waals surface area contributed by atoms with Gasteiger partial charge in [0.05, 0.1) is 18.7 Å². The van der Waals surface area contributed by atoms with Gasteiger partial charge in [0.15, 0.2) is 0 Å². The van der Waals surface area contributed by atoms with Crippen molar-refractivity contribution >= 4 is 34.2 Å². The van der Waals surface area contributed by atoms with E-state index < -0.39 is 15.9 Å². The van der Waals surface area contributed by atoms with Gasteiger partial charge in [0.2, 0.25) is 0 Å². The van der Waals surface area contributed by atoms with Crippen LogP contribution < -0.4 is 5.73 Å². The summed E-state index contributed by atoms with van der Waals surface area (Å²) in [6, 6.07) is 4.27. The largest absolute Gasteiger partial charge is 0.383 e. The fraction of sp³-hybridized carbons (Fsp3) is 0.529. The van der Waals surface area contributed by atoms with E-state index in [-0.39, 0.29) is 59.4 Å². The molecule has 1 fully saturated rings. The number of ether oxygens (including phenoxy) is 1. The Morgan fingerprint density at radius 1 is 1.37 bits per heavy atom. The van der Waals surface area contributed by atoms with E-state index in [9.17, 15) is 18.0 Å². The monoisotopic (exact) mass is 417 g/mol. The molecule has 150 valence electrons. The minimum atomic E-state index is -3.96. The van der Waals surface area contributed by atoms with Crippen LogP contribution in [0.2, 0.25) is 0 Å². The molecule has 0 aromatic heterocycles. The molecule has 0 saturated carbocycles. The van der Waals surface area contributed by atoms with Gasteiger partial charge in [-0.3, -0.25) is 9.59 Å². The highest BCUT2D eigenvalue weighted by atomic mass is 35.5. The lowest BCUT2D eigenvalue weighted by Gasteiger charge is -2.21. The Labute approximate surface area is 165 Å². The maximum absolute atomic E-state index is 12.8. The Kier molecular flexibility index (Phi) is 6.51. The topological polar surface area (TPSA) is 110 Å². The number of amides is 2. The molecule has 2 atom stereocenters. The van der Waals surface area contributed by atoms with E-state index in [4.69, 9.17) is 10.5 Å². The number of benzene rings is 1. The first-order valence-electron chi connectivity index (χ1n) is 8.52. The molecule has 2 amide bonds. The Balaban J connectivity index is 0.00000261. The smallest absolute Gasteiger partial charge is 0.269 e. The van der Waals surface area contributed by atoms with Gasteiger partial charge in [0.25, 0.3) is 21.8 Å². The van der Waals surface area contributed by atoms with Crippen molar-refractivity contribution in [2.24, 2.45) is 11.7 Å². The van der Waals surface area contributed by atoms with E-state index in [0.29, 0.717) is 13.1 Å². The molecule has 0 bridgehead atoms. The second-order valence-electron chi connectivity index (χ2n) is 6.73. The lowest BCUT2D eigenvalue weighted by molar-refractivity contribution is 0.0742. The first kappa shape index (κ1) is 21.6. The summed E-state index contributed by atoms with van der Waals surface area (Å²) in [4.78, 5) is 26.8. The molecule has 27 heavy (non-hydrogen) atoms. The second-order valence-corrected chi connectivity index (χ2v) is 8.56. The maximum Gasteiger partial charge on any atom is 0.269 e. The second kappa shape index (κ2) is 8.14. The van der Waals surface area contributed by atoms with Gasteiger partial charge in [-0.05, 0) is 44.0 Å². The van der Waals surface area contributed by atoms with Gasteiger partial charge in [-0.2, -0.15) is 0 Å². The maximum atomic E-state index is 12.8. The standard InChI is InChI=1S/C17H23N3O5S.ClH/c1-11-7-12(9-18)10-19(11)16(21)13-3-4-14-15(8-13)26(23,24)20(17(14)22)5-6-25-2;/h3-4,8,11-12H,5-7,9-10,18H2,1-2H3;1H. The van der Waals surface area contributed by atoms with E-state index in [1.165, 1.54) is 25.3 Å². The number of carbonyl (C=O) groups excluding carboxylic acids is 2. The van der Waals surface area contributed by atoms with E-state index in [0.717, 1.165) is 10.7 Å². The van der Waals surface area contributed by atoms with Crippen molar-refractivity contribution in [3.63, 3.8) is 0 Å². The summed E-state index contributed by atoms with van der Waals surface area (Å²) in [6.45, 7) is 3.07. The summed E-state index contributed by atoms with van der Waals surface area (Å²) < 4.78 is 31.0. The Morgan fingerprint density at radius 2 is 2.07 bits per heavy atom. The Morgan fingerprint density at radius 3 is 2.67 bits per heavy atom. The quantitative estimate of drug-likeness (QED) is 0.755. The van der Waals surface area contributed by atoms with Crippen LogP contribution in [0.5, 0.6) is 0 Å². The fourth-order valence-electron chi connectivity index (χ4n) is 3.57. The third-order valence-corrected chi connectivity index (χ3v) is 6.83. The zero-order valence-corrected chi connectivity index (χ0v) is 16.9. The van der Waals surface area contributed by atoms with Crippen LogP contribution in [0.3, 0.4) is 0 Å². The minimum Gasteiger partial charge on any atom is -0.383 e. The number of likely N-dealkylation sites (tertiary alicyclic amines) is 1. The van der Waals surface area contributed by atoms with Gasteiger partial charge in [0.1, 0.15) is 4.90 Å². The average molecular weight is 418 g/mol. The number of carbonyl (C=O) groups is 2. The summed E-state index contributed by atoms with van der Waals surface area (Å²) in [5.74, 6) is -0.582. The third-order valence-electron chi connectivity index (χ3n) is 5.01. The third kappa shape index (κ3) is 3.69. The van der Waals surface area contributed by atoms with E-state index in [1.807, 2.05) is 6.92 Å². The normalized spacial score (nSPS) is 23.3. The van der Waals surface area contributed by atoms with Crippen LogP contribution in [0.25, 0.3) is 0 Å². The Bertz CT molecular complexity index is 845. The number of rotatable bonds is 5. The van der Waals surface area contributed by atoms with Gasteiger partial charge in [0, 0.05) is 25.3 Å². The van der Waals surface area contributed by atoms with Gasteiger partial charge in [-0.15, -0.1) is 12.4 Å². The number of sulfonamides is 1. The van der Waals surface area contributed by atoms with Gasteiger partial charge in [-0.25, -0.2) is 12.7 Å². The fourth-order valence-corrected chi connectivity index (χ4v) is 5.14. The highest BCUT2D eigenvalue weighted by Gasteiger charge is 2.42. The molecule has 2 N–H and O–H groups in total. The molecule has 1 aromatic carbocycles. The number of fused-ring (bicyclic) bond motifs is 1. The molecule has 1 aromatic rings. The SMILES string of the molecule is COCCN1C(=O)c2ccc(C(=O)N3CC(CN)CC3C)cc2S1(=O)=O.Cl. The average Bonchev–Trinajstić information content (AvgIpc) is 3.09. The van der Waals surface area contributed by atoms with E-state index >= 15 is 0 Å². The molecule has 2 heterocycles. The van der Waals surface area contributed by atoms with Crippen molar-refractivity contribution in [3.8, 4) is 0 Å². The number of nitrogens with two attached hydrogens (primary N) is 1. The lowest BCUT2D eigenvalue weighted by atomic mass is 10.1. The van der Waals surface area contributed by atoms with Crippen molar-refractivity contribution in [2.45, 2.75) is 24.3 Å². The predicted molar refractivity (Wildman–Crippen MR) is 101 cm³/mol. The number of halogens is 1. The summed E-state index contributed by atoms with van der Waals surface area (Å²) in [5.41, 5.74) is 6.06. The van der Waals surface area contributed by atoms with Gasteiger partial charge < -0.3 is 15.4 Å². The van der Waals surface area contributed by atoms with Crippen molar-refractivity contribution < 1.29 is 22.7 Å². The summed E-state index contributed by atoms with van der Waals surface area (Å²) >= 11 is 0. The molecule has 2 unspecified atom stereocenters. The number of nitrogens with zero attached hydrogens (tertiary/aromatic N) is 2. The van der Waals surface area contributed by atoms with E-state index in [2.05, 4.69) is 0 Å². The molecule has 0 aliphatic carbocycles. The molecule has 1 saturated heterocycles. The number of hydrogen-bond acceptors (Lipinski definition) is 6. The molecular formula is C17H24ClN3O5S. The highest BCUT2D eigenvalue weighted by Crippen LogP contribution is 2.32.